The van der Waals surface area contributed by atoms with E-state index in [2.05, 4.69) is 20.2 Å². The Kier molecular flexibility index (Phi) is 4.95. The van der Waals surface area contributed by atoms with E-state index in [0.717, 1.165) is 32.8 Å². The Morgan fingerprint density at radius 1 is 1.15 bits per heavy atom. The maximum atomic E-state index is 12.8. The van der Waals surface area contributed by atoms with Crippen LogP contribution in [0.25, 0.3) is 11.5 Å². The Morgan fingerprint density at radius 3 is 2.78 bits per heavy atom. The molecular weight excluding hydrogens is 348 g/mol. The van der Waals surface area contributed by atoms with Gasteiger partial charge in [-0.1, -0.05) is 6.07 Å². The maximum Gasteiger partial charge on any atom is 0.273 e. The number of amides is 1. The molecule has 1 amide bonds. The standard InChI is InChI=1S/C18H20N6O3/c25-17-4-6-20-16-13-14(23(24(16)17)15-3-1-2-5-19-15)18(26)21-7-8-22-9-11-27-12-10-22/h1-6,13H,7-12H2,(H,21,26). The quantitative estimate of drug-likeness (QED) is 0.678. The number of rotatable bonds is 5. The second kappa shape index (κ2) is 7.68. The minimum atomic E-state index is -0.280. The fraction of sp³-hybridized carbons (Fsp3) is 0.333. The molecule has 140 valence electrons. The highest BCUT2D eigenvalue weighted by Gasteiger charge is 2.19. The van der Waals surface area contributed by atoms with Gasteiger partial charge in [0.25, 0.3) is 11.5 Å². The van der Waals surface area contributed by atoms with Crippen LogP contribution in [-0.2, 0) is 4.74 Å². The van der Waals surface area contributed by atoms with Gasteiger partial charge in [0.05, 0.1) is 13.2 Å². The van der Waals surface area contributed by atoms with E-state index in [1.54, 1.807) is 30.5 Å². The van der Waals surface area contributed by atoms with E-state index in [0.29, 0.717) is 23.7 Å². The summed E-state index contributed by atoms with van der Waals surface area (Å²) in [6.07, 6.45) is 3.04. The zero-order chi connectivity index (χ0) is 18.6. The van der Waals surface area contributed by atoms with Crippen molar-refractivity contribution in [3.05, 3.63) is 58.8 Å². The first kappa shape index (κ1) is 17.4. The van der Waals surface area contributed by atoms with E-state index >= 15 is 0 Å². The number of carbonyl (C=O) groups is 1. The molecule has 1 fully saturated rings. The van der Waals surface area contributed by atoms with Gasteiger partial charge in [0.1, 0.15) is 5.69 Å². The monoisotopic (exact) mass is 368 g/mol. The molecule has 9 nitrogen and oxygen atoms in total. The molecule has 27 heavy (non-hydrogen) atoms. The van der Waals surface area contributed by atoms with Crippen molar-refractivity contribution in [1.29, 1.82) is 0 Å². The minimum absolute atomic E-state index is 0.279. The van der Waals surface area contributed by atoms with Gasteiger partial charge in [0.15, 0.2) is 11.5 Å². The van der Waals surface area contributed by atoms with Crippen molar-refractivity contribution in [2.45, 2.75) is 0 Å². The second-order valence-corrected chi connectivity index (χ2v) is 6.19. The van der Waals surface area contributed by atoms with Crippen LogP contribution in [0.5, 0.6) is 0 Å². The van der Waals surface area contributed by atoms with Crippen LogP contribution in [0.3, 0.4) is 0 Å². The Hall–Kier alpha value is -3.04. The average Bonchev–Trinajstić information content (AvgIpc) is 3.10. The van der Waals surface area contributed by atoms with Crippen LogP contribution >= 0.6 is 0 Å². The maximum absolute atomic E-state index is 12.8. The van der Waals surface area contributed by atoms with Crippen LogP contribution in [0.1, 0.15) is 10.5 Å². The molecule has 3 aromatic heterocycles. The SMILES string of the molecule is O=C(NCCN1CCOCC1)c1cc2nccc(=O)n2n1-c1ccccn1. The molecule has 4 heterocycles. The number of fused-ring (bicyclic) bond motifs is 1. The normalized spacial score (nSPS) is 15.1. The number of hydrogen-bond acceptors (Lipinski definition) is 6. The number of pyridine rings is 1. The molecular formula is C18H20N6O3. The Bertz CT molecular complexity index is 991. The molecule has 0 bridgehead atoms. The predicted octanol–water partition coefficient (Wildman–Crippen LogP) is -0.0578. The van der Waals surface area contributed by atoms with E-state index in [1.807, 2.05) is 0 Å². The lowest BCUT2D eigenvalue weighted by atomic mass is 10.3. The minimum Gasteiger partial charge on any atom is -0.379 e. The molecule has 1 aliphatic heterocycles. The van der Waals surface area contributed by atoms with E-state index in [4.69, 9.17) is 4.74 Å². The van der Waals surface area contributed by atoms with Gasteiger partial charge in [0.2, 0.25) is 0 Å². The summed E-state index contributed by atoms with van der Waals surface area (Å²) in [5, 5.41) is 2.92. The van der Waals surface area contributed by atoms with Gasteiger partial charge in [-0.05, 0) is 12.1 Å². The lowest BCUT2D eigenvalue weighted by molar-refractivity contribution is 0.0383. The lowest BCUT2D eigenvalue weighted by Crippen LogP contribution is -2.41. The molecule has 1 aliphatic rings. The number of morpholine rings is 1. The molecule has 1 N–H and O–H groups in total. The van der Waals surface area contributed by atoms with Crippen molar-refractivity contribution in [3.8, 4) is 5.82 Å². The second-order valence-electron chi connectivity index (χ2n) is 6.19. The molecule has 0 spiro atoms. The van der Waals surface area contributed by atoms with Crippen LogP contribution in [0.2, 0.25) is 0 Å². The fourth-order valence-corrected chi connectivity index (χ4v) is 3.12. The summed E-state index contributed by atoms with van der Waals surface area (Å²) >= 11 is 0. The number of carbonyl (C=O) groups excluding carboxylic acids is 1. The molecule has 0 aromatic carbocycles. The molecule has 9 heteroatoms. The van der Waals surface area contributed by atoms with Crippen molar-refractivity contribution in [2.24, 2.45) is 0 Å². The number of aromatic nitrogens is 4. The van der Waals surface area contributed by atoms with Gasteiger partial charge in [-0.2, -0.15) is 4.52 Å². The van der Waals surface area contributed by atoms with Crippen LogP contribution in [0.15, 0.2) is 47.5 Å². The van der Waals surface area contributed by atoms with Gasteiger partial charge in [0, 0.05) is 50.7 Å². The summed E-state index contributed by atoms with van der Waals surface area (Å²) in [5.41, 5.74) is 0.427. The molecule has 0 saturated carbocycles. The number of nitrogens with zero attached hydrogens (tertiary/aromatic N) is 5. The molecule has 4 rings (SSSR count). The fourth-order valence-electron chi connectivity index (χ4n) is 3.12. The van der Waals surface area contributed by atoms with Gasteiger partial charge >= 0.3 is 0 Å². The topological polar surface area (TPSA) is 93.8 Å². The zero-order valence-corrected chi connectivity index (χ0v) is 14.7. The van der Waals surface area contributed by atoms with E-state index in [-0.39, 0.29) is 11.5 Å². The Labute approximate surface area is 155 Å². The summed E-state index contributed by atoms with van der Waals surface area (Å²) in [6.45, 7) is 4.42. The van der Waals surface area contributed by atoms with Crippen LogP contribution < -0.4 is 10.9 Å². The van der Waals surface area contributed by atoms with Crippen LogP contribution in [-0.4, -0.2) is 69.4 Å². The Morgan fingerprint density at radius 2 is 2.00 bits per heavy atom. The molecule has 1 saturated heterocycles. The van der Waals surface area contributed by atoms with Crippen molar-refractivity contribution in [1.82, 2.24) is 29.4 Å². The third-order valence-electron chi connectivity index (χ3n) is 4.46. The van der Waals surface area contributed by atoms with Gasteiger partial charge in [-0.25, -0.2) is 14.6 Å². The molecule has 0 atom stereocenters. The summed E-state index contributed by atoms with van der Waals surface area (Å²) in [7, 11) is 0. The third-order valence-corrected chi connectivity index (χ3v) is 4.46. The third kappa shape index (κ3) is 3.60. The highest BCUT2D eigenvalue weighted by molar-refractivity contribution is 5.94. The number of ether oxygens (including phenoxy) is 1. The highest BCUT2D eigenvalue weighted by Crippen LogP contribution is 2.12. The van der Waals surface area contributed by atoms with Crippen LogP contribution in [0.4, 0.5) is 0 Å². The van der Waals surface area contributed by atoms with Crippen molar-refractivity contribution in [2.75, 3.05) is 39.4 Å². The lowest BCUT2D eigenvalue weighted by Gasteiger charge is -2.26. The number of nitrogens with one attached hydrogen (secondary N) is 1. The van der Waals surface area contributed by atoms with Gasteiger partial charge in [-0.15, -0.1) is 0 Å². The van der Waals surface area contributed by atoms with E-state index in [1.165, 1.54) is 21.5 Å². The molecule has 0 aliphatic carbocycles. The summed E-state index contributed by atoms with van der Waals surface area (Å²) in [4.78, 5) is 35.9. The smallest absolute Gasteiger partial charge is 0.273 e. The van der Waals surface area contributed by atoms with E-state index < -0.39 is 0 Å². The largest absolute Gasteiger partial charge is 0.379 e. The number of hydrogen-bond donors (Lipinski definition) is 1. The first-order valence-electron chi connectivity index (χ1n) is 8.83. The van der Waals surface area contributed by atoms with Gasteiger partial charge < -0.3 is 10.1 Å². The Balaban J connectivity index is 1.61. The van der Waals surface area contributed by atoms with Gasteiger partial charge in [-0.3, -0.25) is 14.5 Å². The van der Waals surface area contributed by atoms with Crippen LogP contribution in [0, 0.1) is 0 Å². The van der Waals surface area contributed by atoms with Crippen molar-refractivity contribution >= 4 is 11.6 Å². The first-order valence-corrected chi connectivity index (χ1v) is 8.83. The first-order chi connectivity index (χ1) is 13.2. The average molecular weight is 368 g/mol. The van der Waals surface area contributed by atoms with Crippen molar-refractivity contribution < 1.29 is 9.53 Å². The molecule has 0 unspecified atom stereocenters. The predicted molar refractivity (Wildman–Crippen MR) is 98.2 cm³/mol. The molecule has 3 aromatic rings. The molecule has 0 radical (unpaired) electrons. The summed E-state index contributed by atoms with van der Waals surface area (Å²) in [6, 6.07) is 8.27. The zero-order valence-electron chi connectivity index (χ0n) is 14.7. The summed E-state index contributed by atoms with van der Waals surface area (Å²) in [5.74, 6) is 0.194. The highest BCUT2D eigenvalue weighted by atomic mass is 16.5. The van der Waals surface area contributed by atoms with E-state index in [9.17, 15) is 9.59 Å². The summed E-state index contributed by atoms with van der Waals surface area (Å²) < 4.78 is 8.17. The van der Waals surface area contributed by atoms with Crippen molar-refractivity contribution in [3.63, 3.8) is 0 Å².